The number of rotatable bonds is 2. The summed E-state index contributed by atoms with van der Waals surface area (Å²) in [7, 11) is 0. The summed E-state index contributed by atoms with van der Waals surface area (Å²) in [5.74, 6) is -0.880. The molecule has 0 atom stereocenters. The SMILES string of the molecule is CC(C)(C)C(=O)N[C@H]1CC[C@H](C(=O)O)CC1. The quantitative estimate of drug-likeness (QED) is 0.755. The van der Waals surface area contributed by atoms with E-state index in [0.717, 1.165) is 12.8 Å². The molecule has 1 saturated carbocycles. The highest BCUT2D eigenvalue weighted by Gasteiger charge is 2.29. The number of amides is 1. The zero-order chi connectivity index (χ0) is 12.3. The minimum absolute atomic E-state index is 0.0475. The fourth-order valence-corrected chi connectivity index (χ4v) is 1.89. The van der Waals surface area contributed by atoms with Crippen molar-refractivity contribution in [2.45, 2.75) is 52.5 Å². The Morgan fingerprint density at radius 3 is 2.00 bits per heavy atom. The first-order valence-electron chi connectivity index (χ1n) is 5.84. The van der Waals surface area contributed by atoms with Crippen LogP contribution in [0, 0.1) is 11.3 Å². The summed E-state index contributed by atoms with van der Waals surface area (Å²) in [5.41, 5.74) is -0.371. The van der Waals surface area contributed by atoms with Crippen LogP contribution in [-0.2, 0) is 9.59 Å². The van der Waals surface area contributed by atoms with Gasteiger partial charge in [0.25, 0.3) is 0 Å². The van der Waals surface area contributed by atoms with Crippen molar-refractivity contribution in [3.63, 3.8) is 0 Å². The van der Waals surface area contributed by atoms with Crippen molar-refractivity contribution in [3.8, 4) is 0 Å². The molecule has 0 aromatic carbocycles. The third-order valence-electron chi connectivity index (χ3n) is 3.09. The van der Waals surface area contributed by atoms with Crippen molar-refractivity contribution in [2.24, 2.45) is 11.3 Å². The number of nitrogens with one attached hydrogen (secondary N) is 1. The summed E-state index contributed by atoms with van der Waals surface area (Å²) in [4.78, 5) is 22.5. The molecular weight excluding hydrogens is 206 g/mol. The van der Waals surface area contributed by atoms with Crippen LogP contribution in [0.4, 0.5) is 0 Å². The second kappa shape index (κ2) is 4.85. The Labute approximate surface area is 96.4 Å². The van der Waals surface area contributed by atoms with Crippen molar-refractivity contribution in [1.29, 1.82) is 0 Å². The van der Waals surface area contributed by atoms with Crippen molar-refractivity contribution < 1.29 is 14.7 Å². The fraction of sp³-hybridized carbons (Fsp3) is 0.833. The lowest BCUT2D eigenvalue weighted by molar-refractivity contribution is -0.142. The van der Waals surface area contributed by atoms with Crippen LogP contribution in [0.5, 0.6) is 0 Å². The Kier molecular flexibility index (Phi) is 3.94. The van der Waals surface area contributed by atoms with Crippen molar-refractivity contribution in [3.05, 3.63) is 0 Å². The molecule has 1 rings (SSSR count). The highest BCUT2D eigenvalue weighted by Crippen LogP contribution is 2.25. The van der Waals surface area contributed by atoms with E-state index in [0.29, 0.717) is 12.8 Å². The topological polar surface area (TPSA) is 66.4 Å². The van der Waals surface area contributed by atoms with Gasteiger partial charge in [-0.3, -0.25) is 9.59 Å². The van der Waals surface area contributed by atoms with Crippen LogP contribution in [0.3, 0.4) is 0 Å². The molecule has 0 bridgehead atoms. The van der Waals surface area contributed by atoms with Gasteiger partial charge in [-0.25, -0.2) is 0 Å². The molecule has 0 heterocycles. The molecule has 2 N–H and O–H groups in total. The Balaban J connectivity index is 2.38. The van der Waals surface area contributed by atoms with E-state index in [1.807, 2.05) is 20.8 Å². The summed E-state index contributed by atoms with van der Waals surface area (Å²) in [6.45, 7) is 5.64. The lowest BCUT2D eigenvalue weighted by atomic mass is 9.85. The Hall–Kier alpha value is -1.06. The minimum Gasteiger partial charge on any atom is -0.481 e. The molecule has 4 heteroatoms. The highest BCUT2D eigenvalue weighted by atomic mass is 16.4. The van der Waals surface area contributed by atoms with E-state index in [4.69, 9.17) is 5.11 Å². The molecule has 1 amide bonds. The molecule has 1 aliphatic rings. The molecular formula is C12H21NO3. The second-order valence-corrected chi connectivity index (χ2v) is 5.61. The van der Waals surface area contributed by atoms with E-state index >= 15 is 0 Å². The van der Waals surface area contributed by atoms with Gasteiger partial charge in [-0.05, 0) is 25.7 Å². The Morgan fingerprint density at radius 2 is 1.62 bits per heavy atom. The largest absolute Gasteiger partial charge is 0.481 e. The lowest BCUT2D eigenvalue weighted by Gasteiger charge is -2.29. The van der Waals surface area contributed by atoms with Crippen LogP contribution in [-0.4, -0.2) is 23.0 Å². The third-order valence-corrected chi connectivity index (χ3v) is 3.09. The predicted molar refractivity (Wildman–Crippen MR) is 61.0 cm³/mol. The first-order chi connectivity index (χ1) is 7.30. The molecule has 92 valence electrons. The molecule has 1 fully saturated rings. The van der Waals surface area contributed by atoms with Crippen LogP contribution in [0.2, 0.25) is 0 Å². The number of carboxylic acids is 1. The number of hydrogen-bond donors (Lipinski definition) is 2. The van der Waals surface area contributed by atoms with E-state index < -0.39 is 5.97 Å². The maximum atomic E-state index is 11.7. The summed E-state index contributed by atoms with van der Waals surface area (Å²) >= 11 is 0. The molecule has 0 saturated heterocycles. The number of hydrogen-bond acceptors (Lipinski definition) is 2. The van der Waals surface area contributed by atoms with Gasteiger partial charge < -0.3 is 10.4 Å². The summed E-state index contributed by atoms with van der Waals surface area (Å²) in [6.07, 6.45) is 2.90. The van der Waals surface area contributed by atoms with E-state index in [1.54, 1.807) is 0 Å². The van der Waals surface area contributed by atoms with E-state index in [2.05, 4.69) is 5.32 Å². The van der Waals surface area contributed by atoms with Crippen molar-refractivity contribution >= 4 is 11.9 Å². The molecule has 0 radical (unpaired) electrons. The van der Waals surface area contributed by atoms with Crippen LogP contribution in [0.15, 0.2) is 0 Å². The van der Waals surface area contributed by atoms with Crippen LogP contribution >= 0.6 is 0 Å². The van der Waals surface area contributed by atoms with Gasteiger partial charge in [0.15, 0.2) is 0 Å². The highest BCUT2D eigenvalue weighted by molar-refractivity contribution is 5.81. The Bertz CT molecular complexity index is 272. The zero-order valence-electron chi connectivity index (χ0n) is 10.2. The number of aliphatic carboxylic acids is 1. The van der Waals surface area contributed by atoms with E-state index in [-0.39, 0.29) is 23.3 Å². The maximum Gasteiger partial charge on any atom is 0.306 e. The molecule has 1 aliphatic carbocycles. The zero-order valence-corrected chi connectivity index (χ0v) is 10.2. The second-order valence-electron chi connectivity index (χ2n) is 5.61. The molecule has 0 spiro atoms. The van der Waals surface area contributed by atoms with E-state index in [9.17, 15) is 9.59 Å². The average molecular weight is 227 g/mol. The van der Waals surface area contributed by atoms with Gasteiger partial charge >= 0.3 is 5.97 Å². The van der Waals surface area contributed by atoms with Crippen LogP contribution in [0.25, 0.3) is 0 Å². The Morgan fingerprint density at radius 1 is 1.12 bits per heavy atom. The first kappa shape index (κ1) is 13.0. The monoisotopic (exact) mass is 227 g/mol. The summed E-state index contributed by atoms with van der Waals surface area (Å²) in [5, 5.41) is 11.8. The summed E-state index contributed by atoms with van der Waals surface area (Å²) in [6, 6.07) is 0.155. The van der Waals surface area contributed by atoms with Gasteiger partial charge in [-0.1, -0.05) is 20.8 Å². The van der Waals surface area contributed by atoms with Gasteiger partial charge in [0.1, 0.15) is 0 Å². The summed E-state index contributed by atoms with van der Waals surface area (Å²) < 4.78 is 0. The predicted octanol–water partition coefficient (Wildman–Crippen LogP) is 1.79. The molecule has 4 nitrogen and oxygen atoms in total. The molecule has 0 unspecified atom stereocenters. The average Bonchev–Trinajstić information content (AvgIpc) is 2.17. The van der Waals surface area contributed by atoms with Crippen LogP contribution in [0.1, 0.15) is 46.5 Å². The number of carboxylic acid groups (broad SMARTS) is 1. The third kappa shape index (κ3) is 3.51. The van der Waals surface area contributed by atoms with Gasteiger partial charge in [-0.2, -0.15) is 0 Å². The van der Waals surface area contributed by atoms with Crippen LogP contribution < -0.4 is 5.32 Å². The first-order valence-corrected chi connectivity index (χ1v) is 5.84. The van der Waals surface area contributed by atoms with Gasteiger partial charge in [0, 0.05) is 11.5 Å². The van der Waals surface area contributed by atoms with Crippen molar-refractivity contribution in [1.82, 2.24) is 5.32 Å². The normalized spacial score (nSPS) is 26.2. The smallest absolute Gasteiger partial charge is 0.306 e. The number of carbonyl (C=O) groups excluding carboxylic acids is 1. The van der Waals surface area contributed by atoms with E-state index in [1.165, 1.54) is 0 Å². The van der Waals surface area contributed by atoms with Gasteiger partial charge in [-0.15, -0.1) is 0 Å². The van der Waals surface area contributed by atoms with Gasteiger partial charge in [0.2, 0.25) is 5.91 Å². The lowest BCUT2D eigenvalue weighted by Crippen LogP contribution is -2.43. The molecule has 16 heavy (non-hydrogen) atoms. The fourth-order valence-electron chi connectivity index (χ4n) is 1.89. The molecule has 0 aromatic rings. The number of carbonyl (C=O) groups is 2. The van der Waals surface area contributed by atoms with Crippen molar-refractivity contribution in [2.75, 3.05) is 0 Å². The van der Waals surface area contributed by atoms with Gasteiger partial charge in [0.05, 0.1) is 5.92 Å². The standard InChI is InChI=1S/C12H21NO3/c1-12(2,3)11(16)13-9-6-4-8(5-7-9)10(14)15/h8-9H,4-7H2,1-3H3,(H,13,16)(H,14,15)/t8-,9-. The minimum atomic E-state index is -0.708. The molecule has 0 aromatic heterocycles. The maximum absolute atomic E-state index is 11.7. The molecule has 0 aliphatic heterocycles.